The number of aryl methyl sites for hydroxylation is 1. The van der Waals surface area contributed by atoms with Gasteiger partial charge in [0.25, 0.3) is 0 Å². The summed E-state index contributed by atoms with van der Waals surface area (Å²) in [5.41, 5.74) is 1.43. The number of rotatable bonds is 7. The normalized spacial score (nSPS) is 13.0. The molecule has 0 amide bonds. The summed E-state index contributed by atoms with van der Waals surface area (Å²) in [4.78, 5) is 0. The van der Waals surface area contributed by atoms with Gasteiger partial charge in [-0.15, -0.1) is 0 Å². The predicted molar refractivity (Wildman–Crippen MR) is 105 cm³/mol. The fraction of sp³-hybridized carbons (Fsp3) is 0.304. The molecule has 3 rings (SSSR count). The fourth-order valence-corrected chi connectivity index (χ4v) is 3.50. The van der Waals surface area contributed by atoms with E-state index in [9.17, 15) is 13.2 Å². The van der Waals surface area contributed by atoms with Crippen LogP contribution in [0.5, 0.6) is 0 Å². The van der Waals surface area contributed by atoms with Crippen molar-refractivity contribution in [1.82, 2.24) is 5.32 Å². The van der Waals surface area contributed by atoms with Crippen LogP contribution < -0.4 is 5.32 Å². The molecular formula is C23H24F3N. The van der Waals surface area contributed by atoms with Crippen molar-refractivity contribution in [3.8, 4) is 0 Å². The third kappa shape index (κ3) is 4.89. The zero-order valence-electron chi connectivity index (χ0n) is 15.4. The average molecular weight is 371 g/mol. The van der Waals surface area contributed by atoms with Gasteiger partial charge in [0.2, 0.25) is 0 Å². The van der Waals surface area contributed by atoms with Crippen molar-refractivity contribution >= 4 is 10.8 Å². The maximum atomic E-state index is 12.8. The number of hydrogen-bond donors (Lipinski definition) is 1. The third-order valence-corrected chi connectivity index (χ3v) is 4.89. The summed E-state index contributed by atoms with van der Waals surface area (Å²) >= 11 is 0. The number of fused-ring (bicyclic) bond motifs is 1. The van der Waals surface area contributed by atoms with Crippen molar-refractivity contribution in [1.29, 1.82) is 0 Å². The summed E-state index contributed by atoms with van der Waals surface area (Å²) in [7, 11) is 0. The van der Waals surface area contributed by atoms with Gasteiger partial charge in [0.1, 0.15) is 0 Å². The molecule has 0 bridgehead atoms. The Balaban J connectivity index is 1.61. The molecule has 1 nitrogen and oxygen atoms in total. The Labute approximate surface area is 158 Å². The van der Waals surface area contributed by atoms with Gasteiger partial charge in [-0.2, -0.15) is 13.2 Å². The molecule has 3 aromatic rings. The Bertz CT molecular complexity index is 881. The van der Waals surface area contributed by atoms with Gasteiger partial charge in [-0.25, -0.2) is 0 Å². The lowest BCUT2D eigenvalue weighted by Crippen LogP contribution is -2.22. The molecule has 0 fully saturated rings. The van der Waals surface area contributed by atoms with Crippen molar-refractivity contribution < 1.29 is 13.2 Å². The lowest BCUT2D eigenvalue weighted by atomic mass is 9.97. The minimum atomic E-state index is -4.28. The summed E-state index contributed by atoms with van der Waals surface area (Å²) < 4.78 is 38.4. The van der Waals surface area contributed by atoms with Crippen LogP contribution in [0.2, 0.25) is 0 Å². The highest BCUT2D eigenvalue weighted by Gasteiger charge is 2.30. The maximum absolute atomic E-state index is 12.8. The van der Waals surface area contributed by atoms with Crippen molar-refractivity contribution in [2.24, 2.45) is 0 Å². The summed E-state index contributed by atoms with van der Waals surface area (Å²) in [6.45, 7) is 2.91. The number of halogens is 3. The van der Waals surface area contributed by atoms with E-state index < -0.39 is 11.7 Å². The number of nitrogens with one attached hydrogen (secondary N) is 1. The van der Waals surface area contributed by atoms with Gasteiger partial charge in [0, 0.05) is 6.04 Å². The van der Waals surface area contributed by atoms with E-state index in [-0.39, 0.29) is 6.04 Å². The second-order valence-corrected chi connectivity index (χ2v) is 6.79. The molecule has 0 aromatic heterocycles. The molecule has 0 aliphatic heterocycles. The van der Waals surface area contributed by atoms with Crippen molar-refractivity contribution in [2.75, 3.05) is 6.54 Å². The van der Waals surface area contributed by atoms with Crippen LogP contribution in [0.3, 0.4) is 0 Å². The Hall–Kier alpha value is -2.33. The minimum absolute atomic E-state index is 0.234. The third-order valence-electron chi connectivity index (χ3n) is 4.89. The van der Waals surface area contributed by atoms with E-state index in [0.717, 1.165) is 31.0 Å². The predicted octanol–water partition coefficient (Wildman–Crippen LogP) is 6.53. The molecule has 142 valence electrons. The van der Waals surface area contributed by atoms with E-state index in [4.69, 9.17) is 0 Å². The van der Waals surface area contributed by atoms with Crippen LogP contribution in [-0.4, -0.2) is 6.54 Å². The number of hydrogen-bond acceptors (Lipinski definition) is 1. The Morgan fingerprint density at radius 3 is 2.44 bits per heavy atom. The summed E-state index contributed by atoms with van der Waals surface area (Å²) in [6.07, 6.45) is -1.90. The zero-order valence-corrected chi connectivity index (χ0v) is 15.4. The molecule has 0 unspecified atom stereocenters. The van der Waals surface area contributed by atoms with Crippen molar-refractivity contribution in [2.45, 2.75) is 38.4 Å². The van der Waals surface area contributed by atoms with Crippen LogP contribution in [0.15, 0.2) is 66.7 Å². The molecule has 0 spiro atoms. The van der Waals surface area contributed by atoms with Gasteiger partial charge >= 0.3 is 6.18 Å². The SMILES string of the molecule is CC[C@@H](NCCCc1cccc(C(F)(F)F)c1)c1cccc2ccccc12. The maximum Gasteiger partial charge on any atom is 0.416 e. The first kappa shape index (κ1) is 19.4. The monoisotopic (exact) mass is 371 g/mol. The average Bonchev–Trinajstić information content (AvgIpc) is 2.67. The van der Waals surface area contributed by atoms with Crippen LogP contribution in [0.1, 0.15) is 42.5 Å². The van der Waals surface area contributed by atoms with Crippen LogP contribution in [-0.2, 0) is 12.6 Å². The molecule has 0 aliphatic carbocycles. The van der Waals surface area contributed by atoms with E-state index >= 15 is 0 Å². The first-order chi connectivity index (χ1) is 13.0. The molecule has 1 atom stereocenters. The number of alkyl halides is 3. The second-order valence-electron chi connectivity index (χ2n) is 6.79. The largest absolute Gasteiger partial charge is 0.416 e. The minimum Gasteiger partial charge on any atom is -0.310 e. The highest BCUT2D eigenvalue weighted by Crippen LogP contribution is 2.30. The van der Waals surface area contributed by atoms with Gasteiger partial charge in [0.05, 0.1) is 5.56 Å². The fourth-order valence-electron chi connectivity index (χ4n) is 3.50. The van der Waals surface area contributed by atoms with E-state index in [2.05, 4.69) is 42.6 Å². The van der Waals surface area contributed by atoms with Crippen LogP contribution in [0.4, 0.5) is 13.2 Å². The molecule has 0 saturated carbocycles. The van der Waals surface area contributed by atoms with E-state index in [1.54, 1.807) is 6.07 Å². The van der Waals surface area contributed by atoms with Gasteiger partial charge in [-0.3, -0.25) is 0 Å². The van der Waals surface area contributed by atoms with Gasteiger partial charge in [-0.1, -0.05) is 67.6 Å². The van der Waals surface area contributed by atoms with Gasteiger partial charge in [0.15, 0.2) is 0 Å². The smallest absolute Gasteiger partial charge is 0.310 e. The summed E-state index contributed by atoms with van der Waals surface area (Å²) in [6, 6.07) is 20.5. The van der Waals surface area contributed by atoms with E-state index in [1.165, 1.54) is 28.5 Å². The Morgan fingerprint density at radius 1 is 0.926 bits per heavy atom. The molecular weight excluding hydrogens is 347 g/mol. The summed E-state index contributed by atoms with van der Waals surface area (Å²) in [5, 5.41) is 6.04. The highest BCUT2D eigenvalue weighted by atomic mass is 19.4. The summed E-state index contributed by atoms with van der Waals surface area (Å²) in [5.74, 6) is 0. The molecule has 1 N–H and O–H groups in total. The number of benzene rings is 3. The topological polar surface area (TPSA) is 12.0 Å². The lowest BCUT2D eigenvalue weighted by Gasteiger charge is -2.19. The molecule has 0 heterocycles. The van der Waals surface area contributed by atoms with Crippen molar-refractivity contribution in [3.05, 3.63) is 83.4 Å². The Morgan fingerprint density at radius 2 is 1.67 bits per heavy atom. The zero-order chi connectivity index (χ0) is 19.3. The second kappa shape index (κ2) is 8.57. The molecule has 27 heavy (non-hydrogen) atoms. The van der Waals surface area contributed by atoms with Crippen LogP contribution in [0.25, 0.3) is 10.8 Å². The van der Waals surface area contributed by atoms with Gasteiger partial charge in [-0.05, 0) is 53.8 Å². The van der Waals surface area contributed by atoms with Crippen LogP contribution >= 0.6 is 0 Å². The van der Waals surface area contributed by atoms with E-state index in [0.29, 0.717) is 6.42 Å². The molecule has 4 heteroatoms. The quantitative estimate of drug-likeness (QED) is 0.466. The Kier molecular flexibility index (Phi) is 6.17. The standard InChI is InChI=1S/C23H24F3N/c1-2-22(21-14-6-11-18-10-3-4-13-20(18)21)27-15-7-9-17-8-5-12-19(16-17)23(24,25)26/h3-6,8,10-14,16,22,27H,2,7,9,15H2,1H3/t22-/m1/s1. The first-order valence-electron chi connectivity index (χ1n) is 9.36. The van der Waals surface area contributed by atoms with Gasteiger partial charge < -0.3 is 5.32 Å². The van der Waals surface area contributed by atoms with Crippen molar-refractivity contribution in [3.63, 3.8) is 0 Å². The van der Waals surface area contributed by atoms with E-state index in [1.807, 2.05) is 12.1 Å². The highest BCUT2D eigenvalue weighted by molar-refractivity contribution is 5.86. The molecule has 3 aromatic carbocycles. The first-order valence-corrected chi connectivity index (χ1v) is 9.36. The molecule has 0 aliphatic rings. The molecule has 0 radical (unpaired) electrons. The molecule has 0 saturated heterocycles. The van der Waals surface area contributed by atoms with Crippen LogP contribution in [0, 0.1) is 0 Å². The lowest BCUT2D eigenvalue weighted by molar-refractivity contribution is -0.137.